The van der Waals surface area contributed by atoms with Crippen molar-refractivity contribution in [1.29, 1.82) is 0 Å². The molecular weight excluding hydrogens is 231 g/mol. The summed E-state index contributed by atoms with van der Waals surface area (Å²) < 4.78 is 13.8. The molecule has 0 fully saturated rings. The van der Waals surface area contributed by atoms with Crippen molar-refractivity contribution in [3.63, 3.8) is 0 Å². The van der Waals surface area contributed by atoms with Gasteiger partial charge in [0.1, 0.15) is 5.82 Å². The van der Waals surface area contributed by atoms with Gasteiger partial charge in [-0.05, 0) is 41.7 Å². The fourth-order valence-corrected chi connectivity index (χ4v) is 3.57. The Kier molecular flexibility index (Phi) is 2.67. The van der Waals surface area contributed by atoms with E-state index in [1.807, 2.05) is 6.07 Å². The van der Waals surface area contributed by atoms with Gasteiger partial charge in [-0.1, -0.05) is 30.3 Å². The maximum absolute atomic E-state index is 13.8. The molecule has 0 spiro atoms. The highest BCUT2D eigenvalue weighted by Crippen LogP contribution is 2.36. The van der Waals surface area contributed by atoms with E-state index >= 15 is 0 Å². The second kappa shape index (κ2) is 4.19. The molecule has 0 atom stereocenters. The monoisotopic (exact) mass is 244 g/mol. The van der Waals surface area contributed by atoms with E-state index in [4.69, 9.17) is 0 Å². The third-order valence-electron chi connectivity index (χ3n) is 3.30. The molecule has 1 aliphatic rings. The highest BCUT2D eigenvalue weighted by molar-refractivity contribution is 7.98. The molecule has 0 bridgehead atoms. The summed E-state index contributed by atoms with van der Waals surface area (Å²) in [6.45, 7) is 2.13. The van der Waals surface area contributed by atoms with Crippen molar-refractivity contribution >= 4 is 11.8 Å². The van der Waals surface area contributed by atoms with Crippen LogP contribution < -0.4 is 0 Å². The summed E-state index contributed by atoms with van der Waals surface area (Å²) in [5.41, 5.74) is 5.12. The normalized spacial score (nSPS) is 13.8. The van der Waals surface area contributed by atoms with Crippen LogP contribution >= 0.6 is 11.8 Å². The van der Waals surface area contributed by atoms with Crippen molar-refractivity contribution in [2.45, 2.75) is 24.0 Å². The minimum Gasteiger partial charge on any atom is -0.206 e. The molecule has 1 aliphatic heterocycles. The summed E-state index contributed by atoms with van der Waals surface area (Å²) in [5.74, 6) is 0.786. The summed E-state index contributed by atoms with van der Waals surface area (Å²) in [6, 6.07) is 11.8. The molecule has 2 heteroatoms. The Morgan fingerprint density at radius 2 is 1.82 bits per heavy atom. The molecule has 0 radical (unpaired) electrons. The van der Waals surface area contributed by atoms with Crippen LogP contribution in [0.4, 0.5) is 4.39 Å². The van der Waals surface area contributed by atoms with Crippen LogP contribution in [0.2, 0.25) is 0 Å². The van der Waals surface area contributed by atoms with Crippen LogP contribution in [-0.4, -0.2) is 0 Å². The first-order valence-electron chi connectivity index (χ1n) is 5.73. The summed E-state index contributed by atoms with van der Waals surface area (Å²) in [4.78, 5) is 0.822. The maximum atomic E-state index is 13.8. The minimum atomic E-state index is -0.0852. The highest BCUT2D eigenvalue weighted by atomic mass is 32.2. The van der Waals surface area contributed by atoms with Gasteiger partial charge in [0.05, 0.1) is 0 Å². The number of benzene rings is 2. The van der Waals surface area contributed by atoms with E-state index < -0.39 is 0 Å². The smallest absolute Gasteiger partial charge is 0.137 e. The van der Waals surface area contributed by atoms with Gasteiger partial charge in [-0.2, -0.15) is 0 Å². The van der Waals surface area contributed by atoms with Gasteiger partial charge in [0.25, 0.3) is 0 Å². The van der Waals surface area contributed by atoms with Crippen molar-refractivity contribution in [3.05, 3.63) is 64.5 Å². The van der Waals surface area contributed by atoms with Crippen LogP contribution in [0.3, 0.4) is 0 Å². The average molecular weight is 244 g/mol. The Morgan fingerprint density at radius 1 is 1.06 bits per heavy atom. The zero-order chi connectivity index (χ0) is 11.8. The van der Waals surface area contributed by atoms with Gasteiger partial charge in [0.15, 0.2) is 0 Å². The van der Waals surface area contributed by atoms with Crippen molar-refractivity contribution in [3.8, 4) is 0 Å². The lowest BCUT2D eigenvalue weighted by molar-refractivity contribution is 0.598. The molecule has 0 nitrogen and oxygen atoms in total. The second-order valence-corrected chi connectivity index (χ2v) is 5.39. The first kappa shape index (κ1) is 10.8. The summed E-state index contributed by atoms with van der Waals surface area (Å²) in [7, 11) is 0. The number of halogens is 1. The van der Waals surface area contributed by atoms with Crippen molar-refractivity contribution < 1.29 is 4.39 Å². The molecular formula is C15H13FS. The third-order valence-corrected chi connectivity index (χ3v) is 4.48. The number of fused-ring (bicyclic) bond motifs is 2. The molecule has 2 aromatic rings. The number of aryl methyl sites for hydroxylation is 1. The Balaban J connectivity index is 2.14. The standard InChI is InChI=1S/C15H13FS/c1-10-4-2-5-11-8-12-6-3-7-14(16)15(12)17-9-13(10)11/h2-7H,8-9H2,1H3. The van der Waals surface area contributed by atoms with Crippen LogP contribution in [0.5, 0.6) is 0 Å². The Hall–Kier alpha value is -1.28. The van der Waals surface area contributed by atoms with Crippen LogP contribution in [-0.2, 0) is 12.2 Å². The average Bonchev–Trinajstić information content (AvgIpc) is 2.50. The fourth-order valence-electron chi connectivity index (χ4n) is 2.34. The minimum absolute atomic E-state index is 0.0852. The SMILES string of the molecule is Cc1cccc2c1CSc1c(F)cccc1C2. The Morgan fingerprint density at radius 3 is 2.71 bits per heavy atom. The van der Waals surface area contributed by atoms with Gasteiger partial charge in [0, 0.05) is 10.6 Å². The molecule has 0 saturated carbocycles. The molecule has 0 unspecified atom stereocenters. The largest absolute Gasteiger partial charge is 0.206 e. The Labute approximate surface area is 105 Å². The molecule has 1 heterocycles. The lowest BCUT2D eigenvalue weighted by Crippen LogP contribution is -1.94. The molecule has 0 aliphatic carbocycles. The predicted octanol–water partition coefficient (Wildman–Crippen LogP) is 4.33. The van der Waals surface area contributed by atoms with Gasteiger partial charge in [-0.15, -0.1) is 11.8 Å². The molecule has 86 valence electrons. The summed E-state index contributed by atoms with van der Waals surface area (Å²) >= 11 is 1.62. The third kappa shape index (κ3) is 1.87. The van der Waals surface area contributed by atoms with Crippen molar-refractivity contribution in [2.24, 2.45) is 0 Å². The van der Waals surface area contributed by atoms with Gasteiger partial charge < -0.3 is 0 Å². The van der Waals surface area contributed by atoms with Crippen LogP contribution in [0.25, 0.3) is 0 Å². The van der Waals surface area contributed by atoms with Crippen LogP contribution in [0.15, 0.2) is 41.3 Å². The summed E-state index contributed by atoms with van der Waals surface area (Å²) in [6.07, 6.45) is 0.844. The van der Waals surface area contributed by atoms with E-state index in [1.165, 1.54) is 16.7 Å². The number of rotatable bonds is 0. The lowest BCUT2D eigenvalue weighted by Gasteiger charge is -2.07. The van der Waals surface area contributed by atoms with Gasteiger partial charge in [0.2, 0.25) is 0 Å². The zero-order valence-electron chi connectivity index (χ0n) is 9.66. The number of hydrogen-bond donors (Lipinski definition) is 0. The fraction of sp³-hybridized carbons (Fsp3) is 0.200. The quantitative estimate of drug-likeness (QED) is 0.664. The second-order valence-electron chi connectivity index (χ2n) is 4.41. The van der Waals surface area contributed by atoms with Crippen molar-refractivity contribution in [1.82, 2.24) is 0 Å². The molecule has 17 heavy (non-hydrogen) atoms. The van der Waals surface area contributed by atoms with Gasteiger partial charge in [-0.3, -0.25) is 0 Å². The van der Waals surface area contributed by atoms with E-state index in [0.717, 1.165) is 22.6 Å². The molecule has 3 rings (SSSR count). The van der Waals surface area contributed by atoms with E-state index in [9.17, 15) is 4.39 Å². The van der Waals surface area contributed by atoms with E-state index in [2.05, 4.69) is 25.1 Å². The lowest BCUT2D eigenvalue weighted by atomic mass is 9.97. The van der Waals surface area contributed by atoms with Crippen LogP contribution in [0, 0.1) is 12.7 Å². The van der Waals surface area contributed by atoms with Crippen molar-refractivity contribution in [2.75, 3.05) is 0 Å². The van der Waals surface area contributed by atoms with E-state index in [1.54, 1.807) is 23.9 Å². The van der Waals surface area contributed by atoms with Gasteiger partial charge >= 0.3 is 0 Å². The van der Waals surface area contributed by atoms with Gasteiger partial charge in [-0.25, -0.2) is 4.39 Å². The van der Waals surface area contributed by atoms with E-state index in [-0.39, 0.29) is 5.82 Å². The molecule has 0 amide bonds. The molecule has 2 aromatic carbocycles. The Bertz CT molecular complexity index is 524. The maximum Gasteiger partial charge on any atom is 0.137 e. The number of thioether (sulfide) groups is 1. The highest BCUT2D eigenvalue weighted by Gasteiger charge is 2.17. The van der Waals surface area contributed by atoms with E-state index in [0.29, 0.717) is 0 Å². The molecule has 0 saturated heterocycles. The summed E-state index contributed by atoms with van der Waals surface area (Å²) in [5, 5.41) is 0. The molecule has 0 N–H and O–H groups in total. The topological polar surface area (TPSA) is 0 Å². The predicted molar refractivity (Wildman–Crippen MR) is 69.9 cm³/mol. The molecule has 0 aromatic heterocycles. The number of hydrogen-bond acceptors (Lipinski definition) is 1. The first-order valence-corrected chi connectivity index (χ1v) is 6.72. The zero-order valence-corrected chi connectivity index (χ0v) is 10.5. The van der Waals surface area contributed by atoms with Crippen LogP contribution in [0.1, 0.15) is 22.3 Å². The first-order chi connectivity index (χ1) is 8.25.